The highest BCUT2D eigenvalue weighted by molar-refractivity contribution is 5.38. The molecule has 0 aliphatic rings. The van der Waals surface area contributed by atoms with Crippen LogP contribution in [-0.4, -0.2) is 6.10 Å². The minimum atomic E-state index is -4.44. The van der Waals surface area contributed by atoms with E-state index in [0.29, 0.717) is 5.56 Å². The number of rotatable bonds is 3. The van der Waals surface area contributed by atoms with Gasteiger partial charge < -0.3 is 4.74 Å². The predicted octanol–water partition coefficient (Wildman–Crippen LogP) is 3.50. The van der Waals surface area contributed by atoms with E-state index in [1.807, 2.05) is 0 Å². The van der Waals surface area contributed by atoms with Crippen molar-refractivity contribution in [2.45, 2.75) is 32.7 Å². The first kappa shape index (κ1) is 13.5. The fourth-order valence-electron chi connectivity index (χ4n) is 1.27. The third-order valence-corrected chi connectivity index (χ3v) is 2.03. The van der Waals surface area contributed by atoms with Crippen molar-refractivity contribution in [3.05, 3.63) is 34.9 Å². The second-order valence-electron chi connectivity index (χ2n) is 3.89. The van der Waals surface area contributed by atoms with Gasteiger partial charge in [0.1, 0.15) is 0 Å². The number of nitrogens with zero attached hydrogens (tertiary/aromatic N) is 1. The second-order valence-corrected chi connectivity index (χ2v) is 3.89. The molecule has 0 atom stereocenters. The van der Waals surface area contributed by atoms with Crippen LogP contribution in [-0.2, 0) is 17.5 Å². The fraction of sp³-hybridized carbons (Fsp3) is 0.417. The number of hydrogen-bond acceptors (Lipinski definition) is 2. The van der Waals surface area contributed by atoms with Gasteiger partial charge in [0, 0.05) is 0 Å². The molecular formula is C12H12F3NO. The first-order valence-electron chi connectivity index (χ1n) is 5.06. The Labute approximate surface area is 97.6 Å². The van der Waals surface area contributed by atoms with Crippen LogP contribution in [0.1, 0.15) is 30.5 Å². The molecule has 92 valence electrons. The van der Waals surface area contributed by atoms with Crippen molar-refractivity contribution in [2.24, 2.45) is 0 Å². The summed E-state index contributed by atoms with van der Waals surface area (Å²) >= 11 is 0. The molecule has 0 saturated heterocycles. The van der Waals surface area contributed by atoms with Gasteiger partial charge in [-0.05, 0) is 37.6 Å². The van der Waals surface area contributed by atoms with Crippen molar-refractivity contribution in [1.82, 2.24) is 0 Å². The number of nitriles is 1. The lowest BCUT2D eigenvalue weighted by Gasteiger charge is -2.11. The Bertz CT molecular complexity index is 432. The topological polar surface area (TPSA) is 33.0 Å². The molecule has 17 heavy (non-hydrogen) atoms. The molecule has 0 unspecified atom stereocenters. The number of hydrogen-bond donors (Lipinski definition) is 0. The van der Waals surface area contributed by atoms with E-state index in [-0.39, 0.29) is 18.3 Å². The molecule has 2 nitrogen and oxygen atoms in total. The third-order valence-electron chi connectivity index (χ3n) is 2.03. The Kier molecular flexibility index (Phi) is 4.13. The standard InChI is InChI=1S/C12H12F3NO/c1-8(2)17-7-10-3-9(6-16)4-11(5-10)12(13,14)15/h3-5,8H,7H2,1-2H3. The SMILES string of the molecule is CC(C)OCc1cc(C#N)cc(C(F)(F)F)c1. The summed E-state index contributed by atoms with van der Waals surface area (Å²) in [7, 11) is 0. The summed E-state index contributed by atoms with van der Waals surface area (Å²) in [6.45, 7) is 3.65. The van der Waals surface area contributed by atoms with E-state index in [0.717, 1.165) is 12.1 Å². The highest BCUT2D eigenvalue weighted by Crippen LogP contribution is 2.30. The molecule has 0 N–H and O–H groups in total. The summed E-state index contributed by atoms with van der Waals surface area (Å²) in [6, 6.07) is 4.95. The average molecular weight is 243 g/mol. The van der Waals surface area contributed by atoms with Crippen molar-refractivity contribution in [1.29, 1.82) is 5.26 Å². The van der Waals surface area contributed by atoms with E-state index >= 15 is 0 Å². The minimum Gasteiger partial charge on any atom is -0.374 e. The van der Waals surface area contributed by atoms with E-state index in [2.05, 4.69) is 0 Å². The van der Waals surface area contributed by atoms with E-state index in [9.17, 15) is 13.2 Å². The van der Waals surface area contributed by atoms with Gasteiger partial charge >= 0.3 is 6.18 Å². The van der Waals surface area contributed by atoms with Gasteiger partial charge in [0.2, 0.25) is 0 Å². The summed E-state index contributed by atoms with van der Waals surface area (Å²) in [5, 5.41) is 8.67. The van der Waals surface area contributed by atoms with Gasteiger partial charge in [-0.3, -0.25) is 0 Å². The summed E-state index contributed by atoms with van der Waals surface area (Å²) in [5.74, 6) is 0. The minimum absolute atomic E-state index is 0.0119. The summed E-state index contributed by atoms with van der Waals surface area (Å²) in [6.07, 6.45) is -4.52. The van der Waals surface area contributed by atoms with Gasteiger partial charge in [0.05, 0.1) is 29.9 Å². The van der Waals surface area contributed by atoms with Gasteiger partial charge in [-0.15, -0.1) is 0 Å². The highest BCUT2D eigenvalue weighted by Gasteiger charge is 2.31. The second kappa shape index (κ2) is 5.19. The highest BCUT2D eigenvalue weighted by atomic mass is 19.4. The molecule has 1 rings (SSSR count). The van der Waals surface area contributed by atoms with Crippen LogP contribution in [0, 0.1) is 11.3 Å². The van der Waals surface area contributed by atoms with E-state index < -0.39 is 11.7 Å². The van der Waals surface area contributed by atoms with Crippen molar-refractivity contribution >= 4 is 0 Å². The zero-order valence-corrected chi connectivity index (χ0v) is 9.51. The van der Waals surface area contributed by atoms with E-state index in [1.54, 1.807) is 19.9 Å². The van der Waals surface area contributed by atoms with Crippen LogP contribution in [0.2, 0.25) is 0 Å². The van der Waals surface area contributed by atoms with Gasteiger partial charge in [-0.25, -0.2) is 0 Å². The molecule has 0 bridgehead atoms. The zero-order valence-electron chi connectivity index (χ0n) is 9.51. The molecule has 0 aromatic heterocycles. The van der Waals surface area contributed by atoms with Gasteiger partial charge in [-0.2, -0.15) is 18.4 Å². The Morgan fingerprint density at radius 1 is 1.29 bits per heavy atom. The molecule has 0 spiro atoms. The largest absolute Gasteiger partial charge is 0.416 e. The number of ether oxygens (including phenoxy) is 1. The van der Waals surface area contributed by atoms with Gasteiger partial charge in [0.25, 0.3) is 0 Å². The summed E-state index contributed by atoms with van der Waals surface area (Å²) in [5.41, 5.74) is -0.480. The first-order valence-corrected chi connectivity index (χ1v) is 5.06. The zero-order chi connectivity index (χ0) is 13.1. The van der Waals surface area contributed by atoms with Crippen molar-refractivity contribution in [3.63, 3.8) is 0 Å². The van der Waals surface area contributed by atoms with Crippen molar-refractivity contribution in [2.75, 3.05) is 0 Å². The predicted molar refractivity (Wildman–Crippen MR) is 56.1 cm³/mol. The van der Waals surface area contributed by atoms with E-state index in [4.69, 9.17) is 10.00 Å². The Morgan fingerprint density at radius 3 is 2.41 bits per heavy atom. The molecule has 1 aromatic carbocycles. The van der Waals surface area contributed by atoms with Crippen LogP contribution in [0.5, 0.6) is 0 Å². The molecule has 0 saturated carbocycles. The lowest BCUT2D eigenvalue weighted by atomic mass is 10.1. The average Bonchev–Trinajstić information content (AvgIpc) is 2.24. The fourth-order valence-corrected chi connectivity index (χ4v) is 1.27. The smallest absolute Gasteiger partial charge is 0.374 e. The quantitative estimate of drug-likeness (QED) is 0.813. The van der Waals surface area contributed by atoms with E-state index in [1.165, 1.54) is 6.07 Å². The Hall–Kier alpha value is -1.54. The normalized spacial score (nSPS) is 11.6. The number of alkyl halides is 3. The maximum Gasteiger partial charge on any atom is 0.416 e. The Morgan fingerprint density at radius 2 is 1.94 bits per heavy atom. The summed E-state index contributed by atoms with van der Waals surface area (Å²) < 4.78 is 42.8. The van der Waals surface area contributed by atoms with Crippen LogP contribution >= 0.6 is 0 Å². The van der Waals surface area contributed by atoms with Crippen molar-refractivity contribution in [3.8, 4) is 6.07 Å². The molecular weight excluding hydrogens is 231 g/mol. The Balaban J connectivity index is 3.03. The molecule has 0 radical (unpaired) electrons. The molecule has 0 aliphatic carbocycles. The van der Waals surface area contributed by atoms with Gasteiger partial charge in [-0.1, -0.05) is 0 Å². The maximum atomic E-state index is 12.5. The number of benzene rings is 1. The van der Waals surface area contributed by atoms with Crippen LogP contribution in [0.3, 0.4) is 0 Å². The molecule has 0 heterocycles. The lowest BCUT2D eigenvalue weighted by molar-refractivity contribution is -0.137. The lowest BCUT2D eigenvalue weighted by Crippen LogP contribution is -2.08. The molecule has 1 aromatic rings. The number of halogens is 3. The maximum absolute atomic E-state index is 12.5. The third kappa shape index (κ3) is 4.08. The van der Waals surface area contributed by atoms with Crippen molar-refractivity contribution < 1.29 is 17.9 Å². The van der Waals surface area contributed by atoms with Crippen LogP contribution in [0.25, 0.3) is 0 Å². The first-order chi connectivity index (χ1) is 7.82. The van der Waals surface area contributed by atoms with Gasteiger partial charge in [0.15, 0.2) is 0 Å². The molecule has 0 aliphatic heterocycles. The summed E-state index contributed by atoms with van der Waals surface area (Å²) in [4.78, 5) is 0. The monoisotopic (exact) mass is 243 g/mol. The molecule has 5 heteroatoms. The van der Waals surface area contributed by atoms with Crippen LogP contribution in [0.4, 0.5) is 13.2 Å². The van der Waals surface area contributed by atoms with Crippen LogP contribution < -0.4 is 0 Å². The van der Waals surface area contributed by atoms with Crippen LogP contribution in [0.15, 0.2) is 18.2 Å². The molecule has 0 amide bonds. The molecule has 0 fully saturated rings.